The number of rotatable bonds is 4. The number of hydrogen-bond donors (Lipinski definition) is 1. The summed E-state index contributed by atoms with van der Waals surface area (Å²) in [5, 5.41) is 3.32. The number of aryl methyl sites for hydroxylation is 2. The first-order valence-electron chi connectivity index (χ1n) is 9.38. The Bertz CT molecular complexity index is 966. The predicted octanol–water partition coefficient (Wildman–Crippen LogP) is 3.92. The highest BCUT2D eigenvalue weighted by Crippen LogP contribution is 2.38. The quantitative estimate of drug-likeness (QED) is 0.764. The van der Waals surface area contributed by atoms with E-state index in [0.29, 0.717) is 35.6 Å². The summed E-state index contributed by atoms with van der Waals surface area (Å²) < 4.78 is 10.0. The topological polar surface area (TPSA) is 84.9 Å². The fourth-order valence-electron chi connectivity index (χ4n) is 3.25. The second-order valence-corrected chi connectivity index (χ2v) is 7.93. The lowest BCUT2D eigenvalue weighted by Crippen LogP contribution is -2.35. The van der Waals surface area contributed by atoms with Crippen LogP contribution in [-0.2, 0) is 22.4 Å². The smallest absolute Gasteiger partial charge is 0.409 e. The molecule has 1 aliphatic heterocycles. The Morgan fingerprint density at radius 1 is 1.21 bits per heavy atom. The van der Waals surface area contributed by atoms with Crippen molar-refractivity contribution in [3.8, 4) is 0 Å². The summed E-state index contributed by atoms with van der Waals surface area (Å²) in [6.45, 7) is 6.68. The van der Waals surface area contributed by atoms with E-state index in [1.54, 1.807) is 17.9 Å². The maximum atomic E-state index is 12.8. The third-order valence-corrected chi connectivity index (χ3v) is 6.10. The summed E-state index contributed by atoms with van der Waals surface area (Å²) in [6.07, 6.45) is 0.0802. The number of carbonyl (C=O) groups excluding carboxylic acids is 3. The molecule has 1 aromatic carbocycles. The molecule has 1 aromatic heterocycles. The molecule has 29 heavy (non-hydrogen) atoms. The molecule has 3 rings (SSSR count). The lowest BCUT2D eigenvalue weighted by atomic mass is 10.0. The monoisotopic (exact) mass is 416 g/mol. The zero-order chi connectivity index (χ0) is 21.1. The maximum absolute atomic E-state index is 12.8. The minimum atomic E-state index is -0.466. The highest BCUT2D eigenvalue weighted by molar-refractivity contribution is 7.17. The van der Waals surface area contributed by atoms with Crippen molar-refractivity contribution in [2.45, 2.75) is 33.7 Å². The molecule has 2 amide bonds. The molecule has 0 saturated heterocycles. The van der Waals surface area contributed by atoms with Gasteiger partial charge in [-0.25, -0.2) is 9.59 Å². The molecule has 8 heteroatoms. The van der Waals surface area contributed by atoms with Crippen molar-refractivity contribution in [2.75, 3.05) is 25.6 Å². The summed E-state index contributed by atoms with van der Waals surface area (Å²) in [7, 11) is 1.34. The number of methoxy groups -OCH3 is 1. The van der Waals surface area contributed by atoms with Gasteiger partial charge in [-0.3, -0.25) is 4.79 Å². The Morgan fingerprint density at radius 3 is 2.62 bits per heavy atom. The molecule has 2 heterocycles. The third kappa shape index (κ3) is 4.27. The van der Waals surface area contributed by atoms with Crippen molar-refractivity contribution in [1.82, 2.24) is 4.90 Å². The SMILES string of the molecule is CCOC(=O)c1c(NC(=O)c2ccc(C)c(C)c2)sc2c1CCN(C(=O)OC)C2. The summed E-state index contributed by atoms with van der Waals surface area (Å²) in [5.41, 5.74) is 3.84. The van der Waals surface area contributed by atoms with Crippen LogP contribution in [0.5, 0.6) is 0 Å². The van der Waals surface area contributed by atoms with Crippen LogP contribution in [0.4, 0.5) is 9.80 Å². The van der Waals surface area contributed by atoms with Crippen molar-refractivity contribution < 1.29 is 23.9 Å². The van der Waals surface area contributed by atoms with Crippen molar-refractivity contribution in [2.24, 2.45) is 0 Å². The number of benzene rings is 1. The Hall–Kier alpha value is -2.87. The van der Waals surface area contributed by atoms with Crippen molar-refractivity contribution in [3.63, 3.8) is 0 Å². The van der Waals surface area contributed by atoms with Gasteiger partial charge in [0.25, 0.3) is 5.91 Å². The molecule has 1 N–H and O–H groups in total. The minimum absolute atomic E-state index is 0.238. The number of esters is 1. The highest BCUT2D eigenvalue weighted by atomic mass is 32.1. The number of hydrogen-bond acceptors (Lipinski definition) is 6. The number of nitrogens with one attached hydrogen (secondary N) is 1. The zero-order valence-corrected chi connectivity index (χ0v) is 17.8. The number of thiophene rings is 1. The van der Waals surface area contributed by atoms with E-state index in [4.69, 9.17) is 9.47 Å². The van der Waals surface area contributed by atoms with Crippen LogP contribution >= 0.6 is 11.3 Å². The van der Waals surface area contributed by atoms with Crippen LogP contribution in [-0.4, -0.2) is 43.1 Å². The lowest BCUT2D eigenvalue weighted by Gasteiger charge is -2.25. The second-order valence-electron chi connectivity index (χ2n) is 6.82. The van der Waals surface area contributed by atoms with E-state index in [0.717, 1.165) is 21.6 Å². The number of amides is 2. The van der Waals surface area contributed by atoms with Gasteiger partial charge in [-0.1, -0.05) is 6.07 Å². The van der Waals surface area contributed by atoms with E-state index >= 15 is 0 Å². The average Bonchev–Trinajstić information content (AvgIpc) is 3.06. The van der Waals surface area contributed by atoms with Gasteiger partial charge in [0.1, 0.15) is 5.00 Å². The number of ether oxygens (including phenoxy) is 2. The molecule has 1 aliphatic rings. The number of anilines is 1. The van der Waals surface area contributed by atoms with Gasteiger partial charge in [-0.05, 0) is 56.0 Å². The Balaban J connectivity index is 1.94. The molecule has 0 atom stereocenters. The molecular weight excluding hydrogens is 392 g/mol. The van der Waals surface area contributed by atoms with Crippen LogP contribution < -0.4 is 5.32 Å². The summed E-state index contributed by atoms with van der Waals surface area (Å²) in [5.74, 6) is -0.756. The first-order chi connectivity index (χ1) is 13.8. The van der Waals surface area contributed by atoms with Crippen LogP contribution in [0.1, 0.15) is 49.2 Å². The summed E-state index contributed by atoms with van der Waals surface area (Å²) in [4.78, 5) is 39.7. The Kier molecular flexibility index (Phi) is 6.22. The van der Waals surface area contributed by atoms with E-state index in [9.17, 15) is 14.4 Å². The van der Waals surface area contributed by atoms with Gasteiger partial charge in [-0.15, -0.1) is 11.3 Å². The summed E-state index contributed by atoms with van der Waals surface area (Å²) >= 11 is 1.30. The molecule has 154 valence electrons. The number of nitrogens with zero attached hydrogens (tertiary/aromatic N) is 1. The molecule has 0 radical (unpaired) electrons. The number of fused-ring (bicyclic) bond motifs is 1. The van der Waals surface area contributed by atoms with Gasteiger partial charge in [0.05, 0.1) is 25.8 Å². The van der Waals surface area contributed by atoms with Gasteiger partial charge in [0, 0.05) is 17.0 Å². The molecule has 0 bridgehead atoms. The molecule has 0 aliphatic carbocycles. The molecular formula is C21H24N2O5S. The van der Waals surface area contributed by atoms with Crippen molar-refractivity contribution in [1.29, 1.82) is 0 Å². The van der Waals surface area contributed by atoms with Crippen LogP contribution in [0.15, 0.2) is 18.2 Å². The van der Waals surface area contributed by atoms with Crippen LogP contribution in [0.3, 0.4) is 0 Å². The normalized spacial score (nSPS) is 12.9. The Morgan fingerprint density at radius 2 is 1.97 bits per heavy atom. The molecule has 2 aromatic rings. The van der Waals surface area contributed by atoms with E-state index in [1.165, 1.54) is 18.4 Å². The largest absolute Gasteiger partial charge is 0.462 e. The van der Waals surface area contributed by atoms with Crippen molar-refractivity contribution in [3.05, 3.63) is 50.9 Å². The molecule has 0 spiro atoms. The summed E-state index contributed by atoms with van der Waals surface area (Å²) in [6, 6.07) is 5.47. The molecule has 0 fully saturated rings. The van der Waals surface area contributed by atoms with E-state index in [1.807, 2.05) is 26.0 Å². The van der Waals surface area contributed by atoms with Gasteiger partial charge in [0.2, 0.25) is 0 Å². The first-order valence-corrected chi connectivity index (χ1v) is 10.2. The fourth-order valence-corrected chi connectivity index (χ4v) is 4.50. The zero-order valence-electron chi connectivity index (χ0n) is 17.0. The van der Waals surface area contributed by atoms with Gasteiger partial charge < -0.3 is 19.7 Å². The van der Waals surface area contributed by atoms with Crippen LogP contribution in [0.2, 0.25) is 0 Å². The highest BCUT2D eigenvalue weighted by Gasteiger charge is 2.31. The predicted molar refractivity (Wildman–Crippen MR) is 111 cm³/mol. The van der Waals surface area contributed by atoms with Gasteiger partial charge in [0.15, 0.2) is 0 Å². The second kappa shape index (κ2) is 8.65. The van der Waals surface area contributed by atoms with Crippen LogP contribution in [0, 0.1) is 13.8 Å². The van der Waals surface area contributed by atoms with Gasteiger partial charge >= 0.3 is 12.1 Å². The van der Waals surface area contributed by atoms with E-state index in [-0.39, 0.29) is 12.5 Å². The van der Waals surface area contributed by atoms with Crippen LogP contribution in [0.25, 0.3) is 0 Å². The van der Waals surface area contributed by atoms with Crippen molar-refractivity contribution >= 4 is 34.3 Å². The van der Waals surface area contributed by atoms with E-state index in [2.05, 4.69) is 5.32 Å². The van der Waals surface area contributed by atoms with E-state index < -0.39 is 12.1 Å². The first kappa shape index (κ1) is 20.9. The average molecular weight is 416 g/mol. The fraction of sp³-hybridized carbons (Fsp3) is 0.381. The molecule has 0 saturated carbocycles. The lowest BCUT2D eigenvalue weighted by molar-refractivity contribution is 0.0526. The molecule has 7 nitrogen and oxygen atoms in total. The third-order valence-electron chi connectivity index (χ3n) is 4.97. The van der Waals surface area contributed by atoms with Gasteiger partial charge in [-0.2, -0.15) is 0 Å². The molecule has 0 unspecified atom stereocenters. The maximum Gasteiger partial charge on any atom is 0.409 e. The Labute approximate surface area is 173 Å². The minimum Gasteiger partial charge on any atom is -0.462 e. The number of carbonyl (C=O) groups is 3. The standard InChI is InChI=1S/C21H24N2O5S/c1-5-28-20(25)17-15-8-9-23(21(26)27-4)11-16(15)29-19(17)22-18(24)14-7-6-12(2)13(3)10-14/h6-7,10H,5,8-9,11H2,1-4H3,(H,22,24).